The van der Waals surface area contributed by atoms with E-state index in [1.165, 1.54) is 28.7 Å². The Morgan fingerprint density at radius 2 is 1.89 bits per heavy atom. The van der Waals surface area contributed by atoms with Crippen molar-refractivity contribution in [3.63, 3.8) is 0 Å². The van der Waals surface area contributed by atoms with E-state index in [0.717, 1.165) is 31.1 Å². The van der Waals surface area contributed by atoms with Gasteiger partial charge in [-0.15, -0.1) is 0 Å². The van der Waals surface area contributed by atoms with Crippen molar-refractivity contribution >= 4 is 23.2 Å². The number of hydrogen-bond acceptors (Lipinski definition) is 5. The fourth-order valence-electron chi connectivity index (χ4n) is 3.51. The number of halogens is 1. The number of carbonyl (C=O) groups is 1. The van der Waals surface area contributed by atoms with Crippen molar-refractivity contribution in [2.75, 3.05) is 33.0 Å². The molecule has 1 fully saturated rings. The fraction of sp³-hybridized carbons (Fsp3) is 0.316. The fourth-order valence-corrected chi connectivity index (χ4v) is 3.76. The van der Waals surface area contributed by atoms with Crippen LogP contribution in [0.5, 0.6) is 11.5 Å². The van der Waals surface area contributed by atoms with Gasteiger partial charge in [0, 0.05) is 17.2 Å². The molecule has 146 valence electrons. The van der Waals surface area contributed by atoms with Gasteiger partial charge in [-0.05, 0) is 30.3 Å². The highest BCUT2D eigenvalue weighted by molar-refractivity contribution is 6.33. The van der Waals surface area contributed by atoms with Crippen LogP contribution in [0.15, 0.2) is 36.4 Å². The van der Waals surface area contributed by atoms with Crippen molar-refractivity contribution in [2.24, 2.45) is 0 Å². The lowest BCUT2D eigenvalue weighted by molar-refractivity contribution is -0.917. The smallest absolute Gasteiger partial charge is 0.287 e. The van der Waals surface area contributed by atoms with Crippen LogP contribution in [-0.2, 0) is 6.54 Å². The van der Waals surface area contributed by atoms with Crippen molar-refractivity contribution < 1.29 is 24.1 Å². The number of amides is 1. The molecule has 8 nitrogen and oxygen atoms in total. The molecule has 0 atom stereocenters. The van der Waals surface area contributed by atoms with Gasteiger partial charge >= 0.3 is 0 Å². The van der Waals surface area contributed by atoms with Crippen molar-refractivity contribution in [3.05, 3.63) is 62.7 Å². The number of quaternary nitrogens is 1. The van der Waals surface area contributed by atoms with Gasteiger partial charge in [-0.1, -0.05) is 11.6 Å². The predicted molar refractivity (Wildman–Crippen MR) is 101 cm³/mol. The molecular weight excluding hydrogens is 386 g/mol. The lowest BCUT2D eigenvalue weighted by Crippen LogP contribution is -3.13. The molecule has 2 heterocycles. The second kappa shape index (κ2) is 7.65. The summed E-state index contributed by atoms with van der Waals surface area (Å²) >= 11 is 5.93. The first-order chi connectivity index (χ1) is 13.5. The van der Waals surface area contributed by atoms with Crippen LogP contribution in [0.2, 0.25) is 5.02 Å². The first-order valence-corrected chi connectivity index (χ1v) is 9.34. The number of nitro benzene ring substituents is 1. The van der Waals surface area contributed by atoms with Gasteiger partial charge in [0.15, 0.2) is 11.5 Å². The Morgan fingerprint density at radius 1 is 1.14 bits per heavy atom. The molecule has 2 aliphatic heterocycles. The average Bonchev–Trinajstić information content (AvgIpc) is 3.15. The van der Waals surface area contributed by atoms with Crippen molar-refractivity contribution in [3.8, 4) is 11.5 Å². The second-order valence-electron chi connectivity index (χ2n) is 6.83. The Hall–Kier alpha value is -2.84. The molecular formula is C19H19ClN3O5+. The number of benzene rings is 2. The van der Waals surface area contributed by atoms with Crippen LogP contribution in [0.25, 0.3) is 0 Å². The first kappa shape index (κ1) is 18.5. The van der Waals surface area contributed by atoms with Gasteiger partial charge < -0.3 is 19.3 Å². The number of piperazine rings is 1. The summed E-state index contributed by atoms with van der Waals surface area (Å²) in [5, 5.41) is 10.8. The lowest BCUT2D eigenvalue weighted by atomic mass is 10.1. The first-order valence-electron chi connectivity index (χ1n) is 8.96. The molecule has 9 heteroatoms. The molecule has 0 radical (unpaired) electrons. The van der Waals surface area contributed by atoms with E-state index in [2.05, 4.69) is 0 Å². The van der Waals surface area contributed by atoms with E-state index in [4.69, 9.17) is 21.1 Å². The Balaban J connectivity index is 1.35. The van der Waals surface area contributed by atoms with Crippen LogP contribution >= 0.6 is 11.6 Å². The van der Waals surface area contributed by atoms with Crippen LogP contribution in [0.3, 0.4) is 0 Å². The molecule has 0 bridgehead atoms. The maximum atomic E-state index is 12.7. The number of rotatable bonds is 4. The minimum atomic E-state index is -0.561. The standard InChI is InChI=1S/C19H18ClN3O5/c20-15-10-14(2-3-16(15)23(25)26)19(24)22-7-5-21(6-8-22)11-13-1-4-17-18(9-13)28-12-27-17/h1-4,9-10H,5-8,11-12H2/p+1. The number of nitrogens with one attached hydrogen (secondary N) is 1. The molecule has 1 amide bonds. The van der Waals surface area contributed by atoms with Gasteiger partial charge in [0.1, 0.15) is 11.6 Å². The highest BCUT2D eigenvalue weighted by atomic mass is 35.5. The molecule has 0 aliphatic carbocycles. The van der Waals surface area contributed by atoms with Crippen LogP contribution in [0.4, 0.5) is 5.69 Å². The van der Waals surface area contributed by atoms with E-state index in [0.29, 0.717) is 18.7 Å². The molecule has 4 rings (SSSR count). The van der Waals surface area contributed by atoms with Gasteiger partial charge in [-0.25, -0.2) is 0 Å². The van der Waals surface area contributed by atoms with Gasteiger partial charge in [-0.2, -0.15) is 0 Å². The third-order valence-corrected chi connectivity index (χ3v) is 5.34. The van der Waals surface area contributed by atoms with Crippen molar-refractivity contribution in [1.82, 2.24) is 4.90 Å². The highest BCUT2D eigenvalue weighted by Crippen LogP contribution is 2.32. The zero-order chi connectivity index (χ0) is 19.7. The quantitative estimate of drug-likeness (QED) is 0.616. The van der Waals surface area contributed by atoms with Crippen LogP contribution in [0, 0.1) is 10.1 Å². The molecule has 0 aromatic heterocycles. The third kappa shape index (κ3) is 3.74. The summed E-state index contributed by atoms with van der Waals surface area (Å²) in [4.78, 5) is 26.1. The maximum absolute atomic E-state index is 12.7. The maximum Gasteiger partial charge on any atom is 0.287 e. The minimum absolute atomic E-state index is 0.0251. The summed E-state index contributed by atoms with van der Waals surface area (Å²) in [5.74, 6) is 1.40. The monoisotopic (exact) mass is 404 g/mol. The molecule has 2 aliphatic rings. The largest absolute Gasteiger partial charge is 0.454 e. The number of carbonyl (C=O) groups excluding carboxylic acids is 1. The normalized spacial score (nSPS) is 16.2. The van der Waals surface area contributed by atoms with Gasteiger partial charge in [0.05, 0.1) is 31.1 Å². The summed E-state index contributed by atoms with van der Waals surface area (Å²) in [5.41, 5.74) is 1.34. The number of nitrogens with zero attached hydrogens (tertiary/aromatic N) is 2. The van der Waals surface area contributed by atoms with Crippen molar-refractivity contribution in [2.45, 2.75) is 6.54 Å². The predicted octanol–water partition coefficient (Wildman–Crippen LogP) is 1.52. The summed E-state index contributed by atoms with van der Waals surface area (Å²) in [6, 6.07) is 10.1. The van der Waals surface area contributed by atoms with E-state index in [1.54, 1.807) is 4.90 Å². The molecule has 0 saturated carbocycles. The Bertz CT molecular complexity index is 928. The zero-order valence-electron chi connectivity index (χ0n) is 15.0. The summed E-state index contributed by atoms with van der Waals surface area (Å²) < 4.78 is 10.8. The zero-order valence-corrected chi connectivity index (χ0v) is 15.8. The minimum Gasteiger partial charge on any atom is -0.454 e. The summed E-state index contributed by atoms with van der Waals surface area (Å²) in [7, 11) is 0. The molecule has 2 aromatic rings. The number of ether oxygens (including phenoxy) is 2. The average molecular weight is 405 g/mol. The lowest BCUT2D eigenvalue weighted by Gasteiger charge is -2.32. The summed E-state index contributed by atoms with van der Waals surface area (Å²) in [6.45, 7) is 3.99. The highest BCUT2D eigenvalue weighted by Gasteiger charge is 2.26. The van der Waals surface area contributed by atoms with E-state index >= 15 is 0 Å². The number of hydrogen-bond donors (Lipinski definition) is 1. The van der Waals surface area contributed by atoms with Gasteiger partial charge in [0.2, 0.25) is 6.79 Å². The number of nitro groups is 1. The molecule has 28 heavy (non-hydrogen) atoms. The summed E-state index contributed by atoms with van der Waals surface area (Å²) in [6.07, 6.45) is 0. The van der Waals surface area contributed by atoms with Crippen LogP contribution in [-0.4, -0.2) is 48.7 Å². The Kier molecular flexibility index (Phi) is 5.06. The third-order valence-electron chi connectivity index (χ3n) is 5.04. The molecule has 1 saturated heterocycles. The number of fused-ring (bicyclic) bond motifs is 1. The van der Waals surface area contributed by atoms with Crippen molar-refractivity contribution in [1.29, 1.82) is 0 Å². The SMILES string of the molecule is O=C(c1ccc([N+](=O)[O-])c(Cl)c1)N1CC[NH+](Cc2ccc3c(c2)OCO3)CC1. The van der Waals surface area contributed by atoms with E-state index < -0.39 is 4.92 Å². The van der Waals surface area contributed by atoms with Gasteiger partial charge in [-0.3, -0.25) is 14.9 Å². The van der Waals surface area contributed by atoms with Crippen LogP contribution < -0.4 is 14.4 Å². The second-order valence-corrected chi connectivity index (χ2v) is 7.24. The Labute approximate surface area is 166 Å². The topological polar surface area (TPSA) is 86.4 Å². The van der Waals surface area contributed by atoms with E-state index in [1.807, 2.05) is 18.2 Å². The van der Waals surface area contributed by atoms with Crippen LogP contribution in [0.1, 0.15) is 15.9 Å². The molecule has 0 spiro atoms. The molecule has 1 N–H and O–H groups in total. The van der Waals surface area contributed by atoms with E-state index in [9.17, 15) is 14.9 Å². The van der Waals surface area contributed by atoms with Gasteiger partial charge in [0.25, 0.3) is 11.6 Å². The Morgan fingerprint density at radius 3 is 2.61 bits per heavy atom. The molecule has 0 unspecified atom stereocenters. The molecule has 2 aromatic carbocycles. The van der Waals surface area contributed by atoms with E-state index in [-0.39, 0.29) is 23.4 Å².